The molecular weight excluding hydrogens is 349 g/mol. The van der Waals surface area contributed by atoms with Crippen molar-refractivity contribution in [2.24, 2.45) is 4.99 Å². The fourth-order valence-electron chi connectivity index (χ4n) is 2.42. The predicted octanol–water partition coefficient (Wildman–Crippen LogP) is 3.56. The summed E-state index contributed by atoms with van der Waals surface area (Å²) in [5.41, 5.74) is 1.48. The molecule has 140 valence electrons. The van der Waals surface area contributed by atoms with Gasteiger partial charge in [0, 0.05) is 17.2 Å². The van der Waals surface area contributed by atoms with Crippen LogP contribution >= 0.6 is 0 Å². The SMILES string of the molecule is CCNC(=NCCS(=O)c1ccccc1)NC(C)c1ccc(C)c(F)c1. The van der Waals surface area contributed by atoms with Gasteiger partial charge in [0.25, 0.3) is 0 Å². The molecule has 0 saturated carbocycles. The number of halogens is 1. The van der Waals surface area contributed by atoms with Crippen LogP contribution in [0, 0.1) is 12.7 Å². The molecule has 2 N–H and O–H groups in total. The second-order valence-corrected chi connectivity index (χ2v) is 7.57. The van der Waals surface area contributed by atoms with Gasteiger partial charge in [-0.2, -0.15) is 0 Å². The molecule has 26 heavy (non-hydrogen) atoms. The quantitative estimate of drug-likeness (QED) is 0.575. The molecule has 4 nitrogen and oxygen atoms in total. The van der Waals surface area contributed by atoms with Crippen LogP contribution < -0.4 is 10.6 Å². The molecule has 0 aliphatic rings. The molecule has 0 amide bonds. The van der Waals surface area contributed by atoms with Gasteiger partial charge in [0.1, 0.15) is 5.82 Å². The van der Waals surface area contributed by atoms with Crippen LogP contribution in [-0.2, 0) is 10.8 Å². The standard InChI is InChI=1S/C20H26FN3OS/c1-4-22-20(23-12-13-26(25)18-8-6-5-7-9-18)24-16(3)17-11-10-15(2)19(21)14-17/h5-11,14,16H,4,12-13H2,1-3H3,(H2,22,23,24). The molecule has 0 radical (unpaired) electrons. The van der Waals surface area contributed by atoms with Crippen LogP contribution in [0.15, 0.2) is 58.4 Å². The van der Waals surface area contributed by atoms with E-state index in [4.69, 9.17) is 0 Å². The van der Waals surface area contributed by atoms with E-state index in [1.165, 1.54) is 0 Å². The van der Waals surface area contributed by atoms with E-state index in [1.54, 1.807) is 19.1 Å². The molecule has 0 aromatic heterocycles. The van der Waals surface area contributed by atoms with Crippen molar-refractivity contribution in [3.63, 3.8) is 0 Å². The van der Waals surface area contributed by atoms with E-state index in [0.29, 0.717) is 30.4 Å². The van der Waals surface area contributed by atoms with Crippen molar-refractivity contribution in [2.75, 3.05) is 18.8 Å². The van der Waals surface area contributed by atoms with Gasteiger partial charge in [0.15, 0.2) is 5.96 Å². The summed E-state index contributed by atoms with van der Waals surface area (Å²) in [4.78, 5) is 5.30. The van der Waals surface area contributed by atoms with Crippen LogP contribution in [0.4, 0.5) is 4.39 Å². The van der Waals surface area contributed by atoms with Gasteiger partial charge in [-0.05, 0) is 50.1 Å². The molecule has 6 heteroatoms. The van der Waals surface area contributed by atoms with Gasteiger partial charge in [-0.3, -0.25) is 9.20 Å². The van der Waals surface area contributed by atoms with E-state index in [-0.39, 0.29) is 11.9 Å². The zero-order valence-electron chi connectivity index (χ0n) is 15.5. The Kier molecular flexibility index (Phi) is 7.78. The summed E-state index contributed by atoms with van der Waals surface area (Å²) in [6, 6.07) is 14.5. The Balaban J connectivity index is 1.97. The number of guanidine groups is 1. The Hall–Kier alpha value is -2.21. The van der Waals surface area contributed by atoms with Crippen molar-refractivity contribution in [2.45, 2.75) is 31.7 Å². The Morgan fingerprint density at radius 3 is 2.62 bits per heavy atom. The molecule has 2 unspecified atom stereocenters. The summed E-state index contributed by atoms with van der Waals surface area (Å²) >= 11 is 0. The highest BCUT2D eigenvalue weighted by Gasteiger charge is 2.10. The van der Waals surface area contributed by atoms with Gasteiger partial charge in [-0.15, -0.1) is 0 Å². The minimum Gasteiger partial charge on any atom is -0.357 e. The van der Waals surface area contributed by atoms with E-state index in [9.17, 15) is 8.60 Å². The first-order valence-electron chi connectivity index (χ1n) is 8.75. The topological polar surface area (TPSA) is 53.5 Å². The fraction of sp³-hybridized carbons (Fsp3) is 0.350. The van der Waals surface area contributed by atoms with Crippen molar-refractivity contribution >= 4 is 16.8 Å². The highest BCUT2D eigenvalue weighted by Crippen LogP contribution is 2.16. The molecule has 2 aromatic rings. The first kappa shape index (κ1) is 20.1. The molecule has 0 saturated heterocycles. The number of hydrogen-bond acceptors (Lipinski definition) is 2. The van der Waals surface area contributed by atoms with Crippen LogP contribution in [0.3, 0.4) is 0 Å². The third-order valence-corrected chi connectivity index (χ3v) is 5.30. The zero-order valence-corrected chi connectivity index (χ0v) is 16.3. The number of nitrogens with one attached hydrogen (secondary N) is 2. The Labute approximate surface area is 157 Å². The van der Waals surface area contributed by atoms with Crippen LogP contribution in [0.1, 0.15) is 31.0 Å². The lowest BCUT2D eigenvalue weighted by Crippen LogP contribution is -2.39. The minimum absolute atomic E-state index is 0.0949. The molecular formula is C20H26FN3OS. The minimum atomic E-state index is -1.07. The number of rotatable bonds is 7. The zero-order chi connectivity index (χ0) is 18.9. The van der Waals surface area contributed by atoms with Crippen LogP contribution in [0.5, 0.6) is 0 Å². The van der Waals surface area contributed by atoms with E-state index >= 15 is 0 Å². The van der Waals surface area contributed by atoms with Crippen molar-refractivity contribution in [1.82, 2.24) is 10.6 Å². The lowest BCUT2D eigenvalue weighted by molar-refractivity contribution is 0.607. The van der Waals surface area contributed by atoms with E-state index in [1.807, 2.05) is 50.2 Å². The van der Waals surface area contributed by atoms with Gasteiger partial charge < -0.3 is 10.6 Å². The van der Waals surface area contributed by atoms with Crippen molar-refractivity contribution < 1.29 is 8.60 Å². The lowest BCUT2D eigenvalue weighted by atomic mass is 10.1. The Morgan fingerprint density at radius 2 is 1.96 bits per heavy atom. The molecule has 2 atom stereocenters. The average molecular weight is 376 g/mol. The van der Waals surface area contributed by atoms with Crippen LogP contribution in [-0.4, -0.2) is 29.0 Å². The predicted molar refractivity (Wildman–Crippen MR) is 106 cm³/mol. The average Bonchev–Trinajstić information content (AvgIpc) is 2.64. The molecule has 0 heterocycles. The smallest absolute Gasteiger partial charge is 0.191 e. The highest BCUT2D eigenvalue weighted by molar-refractivity contribution is 7.85. The normalized spacial score (nSPS) is 13.9. The third kappa shape index (κ3) is 5.95. The maximum absolute atomic E-state index is 13.8. The molecule has 2 aromatic carbocycles. The third-order valence-electron chi connectivity index (χ3n) is 3.95. The van der Waals surface area contributed by atoms with Crippen LogP contribution in [0.2, 0.25) is 0 Å². The summed E-state index contributed by atoms with van der Waals surface area (Å²) < 4.78 is 26.0. The molecule has 0 fully saturated rings. The molecule has 0 bridgehead atoms. The number of aryl methyl sites for hydroxylation is 1. The number of benzene rings is 2. The van der Waals surface area contributed by atoms with Gasteiger partial charge in [0.2, 0.25) is 0 Å². The monoisotopic (exact) mass is 375 g/mol. The molecule has 0 spiro atoms. The summed E-state index contributed by atoms with van der Waals surface area (Å²) in [5, 5.41) is 6.44. The van der Waals surface area contributed by atoms with Gasteiger partial charge in [0.05, 0.1) is 23.4 Å². The number of nitrogens with zero attached hydrogens (tertiary/aromatic N) is 1. The summed E-state index contributed by atoms with van der Waals surface area (Å²) in [6.07, 6.45) is 0. The Bertz CT molecular complexity index is 765. The first-order valence-corrected chi connectivity index (χ1v) is 10.1. The van der Waals surface area contributed by atoms with Crippen LogP contribution in [0.25, 0.3) is 0 Å². The number of aliphatic imine (C=N–C) groups is 1. The van der Waals surface area contributed by atoms with Crippen molar-refractivity contribution in [1.29, 1.82) is 0 Å². The van der Waals surface area contributed by atoms with E-state index < -0.39 is 10.8 Å². The van der Waals surface area contributed by atoms with E-state index in [2.05, 4.69) is 15.6 Å². The maximum atomic E-state index is 13.8. The van der Waals surface area contributed by atoms with E-state index in [0.717, 1.165) is 10.5 Å². The summed E-state index contributed by atoms with van der Waals surface area (Å²) in [6.45, 7) is 6.83. The summed E-state index contributed by atoms with van der Waals surface area (Å²) in [5.74, 6) is 0.871. The van der Waals surface area contributed by atoms with Crippen molar-refractivity contribution in [3.8, 4) is 0 Å². The molecule has 0 aliphatic carbocycles. The second kappa shape index (κ2) is 10.1. The molecule has 0 aliphatic heterocycles. The van der Waals surface area contributed by atoms with Gasteiger partial charge in [-0.25, -0.2) is 4.39 Å². The lowest BCUT2D eigenvalue weighted by Gasteiger charge is -2.18. The summed E-state index contributed by atoms with van der Waals surface area (Å²) in [7, 11) is -1.07. The Morgan fingerprint density at radius 1 is 1.23 bits per heavy atom. The first-order chi connectivity index (χ1) is 12.5. The van der Waals surface area contributed by atoms with Crippen molar-refractivity contribution in [3.05, 3.63) is 65.5 Å². The molecule has 2 rings (SSSR count). The van der Waals surface area contributed by atoms with Gasteiger partial charge >= 0.3 is 0 Å². The second-order valence-electron chi connectivity index (χ2n) is 6.00. The van der Waals surface area contributed by atoms with Gasteiger partial charge in [-0.1, -0.05) is 30.3 Å². The fourth-order valence-corrected chi connectivity index (χ4v) is 3.37. The number of hydrogen-bond donors (Lipinski definition) is 2. The highest BCUT2D eigenvalue weighted by atomic mass is 32.2. The maximum Gasteiger partial charge on any atom is 0.191 e. The largest absolute Gasteiger partial charge is 0.357 e.